The number of carbonyl (C=O) groups is 2. The van der Waals surface area contributed by atoms with Crippen LogP contribution < -0.4 is 0 Å². The van der Waals surface area contributed by atoms with Crippen molar-refractivity contribution in [1.82, 2.24) is 0 Å². The van der Waals surface area contributed by atoms with Crippen molar-refractivity contribution in [1.29, 1.82) is 0 Å². The number of methoxy groups -OCH3 is 1. The van der Waals surface area contributed by atoms with Crippen molar-refractivity contribution >= 4 is 11.9 Å². The predicted molar refractivity (Wildman–Crippen MR) is 105 cm³/mol. The Morgan fingerprint density at radius 3 is 2.56 bits per heavy atom. The van der Waals surface area contributed by atoms with Gasteiger partial charge in [-0.2, -0.15) is 0 Å². The fraction of sp³-hybridized carbons (Fsp3) is 0.739. The van der Waals surface area contributed by atoms with Gasteiger partial charge in [-0.1, -0.05) is 38.0 Å². The Balaban J connectivity index is 2.07. The Morgan fingerprint density at radius 2 is 1.96 bits per heavy atom. The summed E-state index contributed by atoms with van der Waals surface area (Å²) in [5.41, 5.74) is 0.756. The van der Waals surface area contributed by atoms with Crippen molar-refractivity contribution in [3.05, 3.63) is 24.3 Å². The van der Waals surface area contributed by atoms with E-state index < -0.39 is 5.41 Å². The molecule has 2 saturated carbocycles. The SMILES string of the molecule is C=C[C@]1(C)CC2=CC[C@@H]3[C@](C)(CCC[C@@]3(C)C(=O)OC)[C@H]2[C@H](OC(C)=O)C1. The summed E-state index contributed by atoms with van der Waals surface area (Å²) < 4.78 is 11.1. The van der Waals surface area contributed by atoms with E-state index in [1.165, 1.54) is 19.6 Å². The van der Waals surface area contributed by atoms with E-state index in [-0.39, 0.29) is 40.7 Å². The van der Waals surface area contributed by atoms with Gasteiger partial charge in [0.25, 0.3) is 0 Å². The molecule has 0 aromatic heterocycles. The van der Waals surface area contributed by atoms with Gasteiger partial charge in [0.2, 0.25) is 0 Å². The Hall–Kier alpha value is -1.58. The van der Waals surface area contributed by atoms with Gasteiger partial charge in [-0.25, -0.2) is 0 Å². The summed E-state index contributed by atoms with van der Waals surface area (Å²) in [6.07, 6.45) is 9.69. The van der Waals surface area contributed by atoms with Crippen molar-refractivity contribution < 1.29 is 19.1 Å². The second kappa shape index (κ2) is 6.79. The van der Waals surface area contributed by atoms with Crippen LogP contribution in [0.15, 0.2) is 24.3 Å². The molecule has 0 radical (unpaired) electrons. The number of hydrogen-bond donors (Lipinski definition) is 0. The van der Waals surface area contributed by atoms with Gasteiger partial charge in [-0.05, 0) is 55.8 Å². The lowest BCUT2D eigenvalue weighted by atomic mass is 9.45. The monoisotopic (exact) mass is 374 g/mol. The summed E-state index contributed by atoms with van der Waals surface area (Å²) in [4.78, 5) is 24.6. The number of hydrogen-bond acceptors (Lipinski definition) is 4. The molecule has 0 bridgehead atoms. The maximum absolute atomic E-state index is 12.7. The minimum atomic E-state index is -0.482. The van der Waals surface area contributed by atoms with Crippen molar-refractivity contribution in [2.45, 2.75) is 72.3 Å². The van der Waals surface area contributed by atoms with E-state index in [0.717, 1.165) is 38.5 Å². The molecule has 27 heavy (non-hydrogen) atoms. The zero-order valence-corrected chi connectivity index (χ0v) is 17.5. The van der Waals surface area contributed by atoms with Crippen LogP contribution in [0.4, 0.5) is 0 Å². The first-order valence-electron chi connectivity index (χ1n) is 10.2. The van der Waals surface area contributed by atoms with E-state index in [9.17, 15) is 9.59 Å². The molecule has 0 heterocycles. The van der Waals surface area contributed by atoms with Crippen molar-refractivity contribution in [3.8, 4) is 0 Å². The second-order valence-electron chi connectivity index (χ2n) is 9.70. The van der Waals surface area contributed by atoms with Crippen LogP contribution in [0, 0.1) is 28.1 Å². The van der Waals surface area contributed by atoms with Crippen LogP contribution in [0.25, 0.3) is 0 Å². The summed E-state index contributed by atoms with van der Waals surface area (Å²) >= 11 is 0. The number of esters is 2. The van der Waals surface area contributed by atoms with Gasteiger partial charge >= 0.3 is 11.9 Å². The quantitative estimate of drug-likeness (QED) is 0.524. The third kappa shape index (κ3) is 3.15. The minimum Gasteiger partial charge on any atom is -0.469 e. The Morgan fingerprint density at radius 1 is 1.26 bits per heavy atom. The molecular formula is C23H34O4. The number of carbonyl (C=O) groups excluding carboxylic acids is 2. The normalized spacial score (nSPS) is 43.6. The summed E-state index contributed by atoms with van der Waals surface area (Å²) in [7, 11) is 1.49. The standard InChI is InChI=1S/C23H34O4/c1-7-21(3)13-16-9-10-18-22(4,19(16)17(14-21)27-15(2)24)11-8-12-23(18,5)20(25)26-6/h7,9,17-19H,1,8,10-14H2,2-6H3/t17-,18-,19-,21-,22+,23-/m1/s1. The highest BCUT2D eigenvalue weighted by Gasteiger charge is 2.61. The average Bonchev–Trinajstić information content (AvgIpc) is 2.59. The first-order valence-corrected chi connectivity index (χ1v) is 10.2. The molecule has 0 aromatic carbocycles. The number of rotatable bonds is 3. The summed E-state index contributed by atoms with van der Waals surface area (Å²) in [5, 5.41) is 0. The molecule has 4 heteroatoms. The third-order valence-corrected chi connectivity index (χ3v) is 7.81. The number of allylic oxidation sites excluding steroid dienone is 2. The van der Waals surface area contributed by atoms with E-state index in [0.29, 0.717) is 0 Å². The fourth-order valence-electron chi connectivity index (χ4n) is 6.55. The lowest BCUT2D eigenvalue weighted by Gasteiger charge is -2.60. The first-order chi connectivity index (χ1) is 12.6. The highest BCUT2D eigenvalue weighted by Crippen LogP contribution is 2.64. The van der Waals surface area contributed by atoms with E-state index in [4.69, 9.17) is 9.47 Å². The van der Waals surface area contributed by atoms with Gasteiger partial charge in [0.05, 0.1) is 12.5 Å². The van der Waals surface area contributed by atoms with Crippen molar-refractivity contribution in [2.75, 3.05) is 7.11 Å². The highest BCUT2D eigenvalue weighted by atomic mass is 16.5. The molecule has 0 saturated heterocycles. The molecule has 2 fully saturated rings. The van der Waals surface area contributed by atoms with Crippen LogP contribution in [0.3, 0.4) is 0 Å². The Kier molecular flexibility index (Phi) is 5.07. The molecule has 3 aliphatic carbocycles. The molecule has 0 amide bonds. The largest absolute Gasteiger partial charge is 0.469 e. The Labute approximate surface area is 163 Å². The molecule has 0 N–H and O–H groups in total. The molecule has 150 valence electrons. The topological polar surface area (TPSA) is 52.6 Å². The smallest absolute Gasteiger partial charge is 0.311 e. The van der Waals surface area contributed by atoms with Crippen LogP contribution in [0.5, 0.6) is 0 Å². The zero-order valence-electron chi connectivity index (χ0n) is 17.5. The lowest BCUT2D eigenvalue weighted by Crippen LogP contribution is -2.57. The lowest BCUT2D eigenvalue weighted by molar-refractivity contribution is -0.176. The van der Waals surface area contributed by atoms with E-state index in [2.05, 4.69) is 33.4 Å². The van der Waals surface area contributed by atoms with Crippen LogP contribution >= 0.6 is 0 Å². The van der Waals surface area contributed by atoms with Gasteiger partial charge in [0.1, 0.15) is 6.10 Å². The number of ether oxygens (including phenoxy) is 2. The molecule has 6 atom stereocenters. The summed E-state index contributed by atoms with van der Waals surface area (Å²) in [5.74, 6) is 0.0273. The highest BCUT2D eigenvalue weighted by molar-refractivity contribution is 5.77. The molecule has 3 rings (SSSR count). The van der Waals surface area contributed by atoms with E-state index >= 15 is 0 Å². The second-order valence-corrected chi connectivity index (χ2v) is 9.70. The zero-order chi connectivity index (χ0) is 20.0. The average molecular weight is 375 g/mol. The maximum atomic E-state index is 12.7. The van der Waals surface area contributed by atoms with Gasteiger partial charge in [-0.15, -0.1) is 6.58 Å². The summed E-state index contributed by atoms with van der Waals surface area (Å²) in [6, 6.07) is 0. The Bertz CT molecular complexity index is 680. The third-order valence-electron chi connectivity index (χ3n) is 7.81. The van der Waals surface area contributed by atoms with Crippen LogP contribution in [-0.2, 0) is 19.1 Å². The number of fused-ring (bicyclic) bond motifs is 3. The van der Waals surface area contributed by atoms with Gasteiger partial charge in [0, 0.05) is 12.8 Å². The molecule has 0 unspecified atom stereocenters. The fourth-order valence-corrected chi connectivity index (χ4v) is 6.55. The van der Waals surface area contributed by atoms with Gasteiger partial charge in [-0.3, -0.25) is 9.59 Å². The molecule has 4 nitrogen and oxygen atoms in total. The summed E-state index contributed by atoms with van der Waals surface area (Å²) in [6.45, 7) is 12.1. The van der Waals surface area contributed by atoms with Crippen LogP contribution in [0.2, 0.25) is 0 Å². The van der Waals surface area contributed by atoms with Crippen LogP contribution in [0.1, 0.15) is 66.2 Å². The van der Waals surface area contributed by atoms with Crippen molar-refractivity contribution in [3.63, 3.8) is 0 Å². The minimum absolute atomic E-state index is 0.0635. The maximum Gasteiger partial charge on any atom is 0.311 e. The van der Waals surface area contributed by atoms with Gasteiger partial charge in [0.15, 0.2) is 0 Å². The first kappa shape index (κ1) is 20.2. The van der Waals surface area contributed by atoms with E-state index in [1.54, 1.807) is 0 Å². The predicted octanol–water partition coefficient (Wildman–Crippen LogP) is 4.84. The van der Waals surface area contributed by atoms with Crippen LogP contribution in [-0.4, -0.2) is 25.2 Å². The molecule has 0 aliphatic heterocycles. The van der Waals surface area contributed by atoms with E-state index in [1.807, 2.05) is 6.08 Å². The molecule has 3 aliphatic rings. The molecule has 0 aromatic rings. The van der Waals surface area contributed by atoms with Crippen molar-refractivity contribution in [2.24, 2.45) is 28.1 Å². The molecular weight excluding hydrogens is 340 g/mol. The molecule has 0 spiro atoms. The van der Waals surface area contributed by atoms with Gasteiger partial charge < -0.3 is 9.47 Å².